The maximum absolute atomic E-state index is 6.65. The van der Waals surface area contributed by atoms with E-state index in [-0.39, 0.29) is 0 Å². The Morgan fingerprint density at radius 3 is 1.88 bits per heavy atom. The van der Waals surface area contributed by atoms with E-state index in [9.17, 15) is 0 Å². The zero-order valence-corrected chi connectivity index (χ0v) is 34.9. The molecule has 6 nitrogen and oxygen atoms in total. The highest BCUT2D eigenvalue weighted by molar-refractivity contribution is 7.25. The molecule has 14 aromatic rings. The molecule has 298 valence electrons. The minimum absolute atomic E-state index is 0.564. The van der Waals surface area contributed by atoms with Crippen molar-refractivity contribution in [1.29, 1.82) is 0 Å². The molecular formula is C57H33N5OS. The van der Waals surface area contributed by atoms with Crippen LogP contribution in [0.15, 0.2) is 205 Å². The van der Waals surface area contributed by atoms with E-state index in [4.69, 9.17) is 19.4 Å². The van der Waals surface area contributed by atoms with Crippen LogP contribution in [0.3, 0.4) is 0 Å². The second kappa shape index (κ2) is 13.6. The first-order valence-corrected chi connectivity index (χ1v) is 22.3. The van der Waals surface area contributed by atoms with Crippen LogP contribution in [0.2, 0.25) is 0 Å². The molecule has 0 aliphatic carbocycles. The lowest BCUT2D eigenvalue weighted by Crippen LogP contribution is -2.06. The van der Waals surface area contributed by atoms with Gasteiger partial charge in [0.25, 0.3) is 0 Å². The van der Waals surface area contributed by atoms with Gasteiger partial charge in [-0.1, -0.05) is 152 Å². The van der Waals surface area contributed by atoms with Crippen LogP contribution in [0.1, 0.15) is 0 Å². The van der Waals surface area contributed by atoms with Gasteiger partial charge in [-0.25, -0.2) is 4.98 Å². The van der Waals surface area contributed by atoms with Crippen molar-refractivity contribution >= 4 is 97.1 Å². The van der Waals surface area contributed by atoms with Gasteiger partial charge < -0.3 is 8.98 Å². The summed E-state index contributed by atoms with van der Waals surface area (Å²) in [5.41, 5.74) is 11.2. The van der Waals surface area contributed by atoms with Crippen LogP contribution < -0.4 is 0 Å². The van der Waals surface area contributed by atoms with Crippen LogP contribution in [-0.4, -0.2) is 24.1 Å². The first kappa shape index (κ1) is 35.2. The van der Waals surface area contributed by atoms with Crippen LogP contribution in [0, 0.1) is 0 Å². The second-order valence-electron chi connectivity index (χ2n) is 16.3. The van der Waals surface area contributed by atoms with Crippen molar-refractivity contribution in [2.45, 2.75) is 0 Å². The second-order valence-corrected chi connectivity index (χ2v) is 17.4. The summed E-state index contributed by atoms with van der Waals surface area (Å²) in [6, 6.07) is 70.7. The minimum atomic E-state index is 0.564. The Hall–Kier alpha value is -8.39. The first-order valence-electron chi connectivity index (χ1n) is 21.4. The molecule has 7 heteroatoms. The molecule has 0 aliphatic rings. The van der Waals surface area contributed by atoms with E-state index < -0.39 is 0 Å². The van der Waals surface area contributed by atoms with E-state index in [2.05, 4.69) is 185 Å². The Bertz CT molecular complexity index is 4200. The van der Waals surface area contributed by atoms with E-state index >= 15 is 0 Å². The largest absolute Gasteiger partial charge is 0.455 e. The number of nitrogens with zero attached hydrogens (tertiary/aromatic N) is 5. The Morgan fingerprint density at radius 2 is 1.05 bits per heavy atom. The van der Waals surface area contributed by atoms with Crippen LogP contribution in [0.4, 0.5) is 0 Å². The van der Waals surface area contributed by atoms with Crippen LogP contribution in [0.25, 0.3) is 131 Å². The molecule has 0 N–H and O–H groups in total. The first-order chi connectivity index (χ1) is 31.7. The van der Waals surface area contributed by atoms with Gasteiger partial charge in [0.15, 0.2) is 11.6 Å². The molecule has 0 amide bonds. The van der Waals surface area contributed by atoms with E-state index in [0.717, 1.165) is 82.7 Å². The third kappa shape index (κ3) is 5.16. The van der Waals surface area contributed by atoms with Crippen molar-refractivity contribution in [3.8, 4) is 45.5 Å². The zero-order valence-electron chi connectivity index (χ0n) is 34.1. The average Bonchev–Trinajstić information content (AvgIpc) is 4.11. The van der Waals surface area contributed by atoms with Gasteiger partial charge in [-0.2, -0.15) is 9.97 Å². The number of thiophene rings is 1. The molecule has 0 saturated carbocycles. The third-order valence-corrected chi connectivity index (χ3v) is 13.9. The molecule has 0 aliphatic heterocycles. The maximum Gasteiger partial charge on any atom is 0.238 e. The predicted octanol–water partition coefficient (Wildman–Crippen LogP) is 15.3. The molecule has 0 unspecified atom stereocenters. The van der Waals surface area contributed by atoms with Gasteiger partial charge in [-0.15, -0.1) is 11.3 Å². The Kier molecular flexibility index (Phi) is 7.46. The Labute approximate surface area is 369 Å². The molecule has 0 atom stereocenters. The van der Waals surface area contributed by atoms with Gasteiger partial charge in [-0.3, -0.25) is 4.57 Å². The van der Waals surface area contributed by atoms with Gasteiger partial charge in [0.2, 0.25) is 5.95 Å². The molecule has 5 heterocycles. The lowest BCUT2D eigenvalue weighted by molar-refractivity contribution is 0.670. The third-order valence-electron chi connectivity index (χ3n) is 12.8. The molecule has 9 aromatic carbocycles. The molecule has 0 bridgehead atoms. The van der Waals surface area contributed by atoms with E-state index in [1.807, 2.05) is 24.3 Å². The number of aromatic nitrogens is 5. The highest BCUT2D eigenvalue weighted by atomic mass is 32.1. The monoisotopic (exact) mass is 835 g/mol. The minimum Gasteiger partial charge on any atom is -0.455 e. The van der Waals surface area contributed by atoms with Gasteiger partial charge in [0, 0.05) is 74.9 Å². The van der Waals surface area contributed by atoms with Gasteiger partial charge in [0.1, 0.15) is 11.2 Å². The van der Waals surface area contributed by atoms with Crippen molar-refractivity contribution in [2.24, 2.45) is 0 Å². The molecule has 0 spiro atoms. The summed E-state index contributed by atoms with van der Waals surface area (Å²) in [6.07, 6.45) is 0. The summed E-state index contributed by atoms with van der Waals surface area (Å²) in [5.74, 6) is 1.81. The maximum atomic E-state index is 6.65. The summed E-state index contributed by atoms with van der Waals surface area (Å²) in [4.78, 5) is 15.8. The topological polar surface area (TPSA) is 61.7 Å². The SMILES string of the molecule is c1ccc(-c2nc(-c3ccc4c(c3)sc3ccccc34)nc(-n3c4ccccc4c4c3ccc3c5ccccc5n(-c5ccc6oc7c(-c8ccccc8)cccc7c6c5)c34)n2)cc1. The molecule has 0 radical (unpaired) electrons. The number of para-hydroxylation sites is 3. The van der Waals surface area contributed by atoms with Crippen molar-refractivity contribution in [1.82, 2.24) is 24.1 Å². The number of hydrogen-bond acceptors (Lipinski definition) is 5. The smallest absolute Gasteiger partial charge is 0.238 e. The van der Waals surface area contributed by atoms with Crippen molar-refractivity contribution in [2.75, 3.05) is 0 Å². The van der Waals surface area contributed by atoms with Gasteiger partial charge in [0.05, 0.1) is 22.1 Å². The molecule has 64 heavy (non-hydrogen) atoms. The highest BCUT2D eigenvalue weighted by Crippen LogP contribution is 2.44. The number of rotatable bonds is 5. The van der Waals surface area contributed by atoms with Crippen molar-refractivity contribution in [3.63, 3.8) is 0 Å². The van der Waals surface area contributed by atoms with Gasteiger partial charge >= 0.3 is 0 Å². The summed E-state index contributed by atoms with van der Waals surface area (Å²) >= 11 is 1.80. The Morgan fingerprint density at radius 1 is 0.391 bits per heavy atom. The molecular weight excluding hydrogens is 803 g/mol. The summed E-state index contributed by atoms with van der Waals surface area (Å²) in [6.45, 7) is 0. The number of furan rings is 1. The molecule has 0 fully saturated rings. The summed E-state index contributed by atoms with van der Waals surface area (Å²) in [7, 11) is 0. The number of fused-ring (bicyclic) bond motifs is 13. The van der Waals surface area contributed by atoms with Crippen molar-refractivity contribution < 1.29 is 4.42 Å². The predicted molar refractivity (Wildman–Crippen MR) is 265 cm³/mol. The molecule has 0 saturated heterocycles. The molecule has 5 aromatic heterocycles. The Balaban J connectivity index is 1.03. The number of benzene rings is 9. The van der Waals surface area contributed by atoms with Crippen LogP contribution in [0.5, 0.6) is 0 Å². The van der Waals surface area contributed by atoms with Crippen LogP contribution in [-0.2, 0) is 0 Å². The lowest BCUT2D eigenvalue weighted by atomic mass is 10.0. The van der Waals surface area contributed by atoms with Crippen molar-refractivity contribution in [3.05, 3.63) is 200 Å². The fourth-order valence-electron chi connectivity index (χ4n) is 9.94. The summed E-state index contributed by atoms with van der Waals surface area (Å²) in [5, 5.41) is 9.27. The fourth-order valence-corrected chi connectivity index (χ4v) is 11.1. The number of hydrogen-bond donors (Lipinski definition) is 0. The van der Waals surface area contributed by atoms with Gasteiger partial charge in [-0.05, 0) is 54.1 Å². The standard InChI is InChI=1S/C57H33N5OS/c1-3-14-34(15-4-1)38-21-13-22-43-45-33-37(27-31-49(45)63-54(38)43)61-46-23-10-7-18-39(46)42-29-30-48-52(53(42)61)44-20-8-11-24-47(44)62(48)57-59-55(35-16-5-2-6-17-35)58-56(60-57)36-26-28-41-40-19-9-12-25-50(40)64-51(41)32-36/h1-33H. The van der Waals surface area contributed by atoms with E-state index in [1.165, 1.54) is 30.9 Å². The quantitative estimate of drug-likeness (QED) is 0.173. The van der Waals surface area contributed by atoms with E-state index in [1.54, 1.807) is 11.3 Å². The fraction of sp³-hybridized carbons (Fsp3) is 0. The highest BCUT2D eigenvalue weighted by Gasteiger charge is 2.24. The average molecular weight is 836 g/mol. The lowest BCUT2D eigenvalue weighted by Gasteiger charge is -2.11. The van der Waals surface area contributed by atoms with Crippen LogP contribution >= 0.6 is 11.3 Å². The normalized spacial score (nSPS) is 12.1. The zero-order chi connectivity index (χ0) is 41.9. The molecule has 14 rings (SSSR count). The summed E-state index contributed by atoms with van der Waals surface area (Å²) < 4.78 is 13.8. The van der Waals surface area contributed by atoms with E-state index in [0.29, 0.717) is 17.6 Å².